The monoisotopic (exact) mass is 458 g/mol. The number of nitrogens with zero attached hydrogens (tertiary/aromatic N) is 1. The number of aliphatic hydroxyl groups excluding tert-OH is 3. The zero-order valence-corrected chi connectivity index (χ0v) is 19.1. The molecule has 3 unspecified atom stereocenters. The molecule has 0 aromatic carbocycles. The fraction of sp³-hybridized carbons (Fsp3) is 0.708. The molecule has 3 saturated carbocycles. The van der Waals surface area contributed by atoms with Crippen molar-refractivity contribution in [3.63, 3.8) is 0 Å². The predicted octanol–water partition coefficient (Wildman–Crippen LogP) is 2.12. The summed E-state index contributed by atoms with van der Waals surface area (Å²) in [7, 11) is 0. The van der Waals surface area contributed by atoms with E-state index in [1.165, 1.54) is 0 Å². The van der Waals surface area contributed by atoms with Crippen LogP contribution < -0.4 is 0 Å². The quantitative estimate of drug-likeness (QED) is 0.447. The van der Waals surface area contributed by atoms with E-state index in [0.29, 0.717) is 12.1 Å². The second kappa shape index (κ2) is 5.85. The average Bonchev–Trinajstić information content (AvgIpc) is 3.45. The summed E-state index contributed by atoms with van der Waals surface area (Å²) >= 11 is 1.58. The van der Waals surface area contributed by atoms with Crippen LogP contribution in [0.1, 0.15) is 56.8 Å². The van der Waals surface area contributed by atoms with Gasteiger partial charge in [-0.3, -0.25) is 0 Å². The molecule has 6 aliphatic rings. The summed E-state index contributed by atoms with van der Waals surface area (Å²) in [5.74, 6) is -1.99. The van der Waals surface area contributed by atoms with Gasteiger partial charge in [0.2, 0.25) is 5.79 Å². The van der Waals surface area contributed by atoms with Crippen LogP contribution in [0, 0.1) is 22.7 Å². The van der Waals surface area contributed by atoms with Gasteiger partial charge in [0.15, 0.2) is 0 Å². The lowest BCUT2D eigenvalue weighted by Crippen LogP contribution is -2.86. The summed E-state index contributed by atoms with van der Waals surface area (Å²) in [5, 5.41) is 49.2. The van der Waals surface area contributed by atoms with Gasteiger partial charge in [0.25, 0.3) is 0 Å². The number of rotatable bonds is 1. The Balaban J connectivity index is 1.51. The number of nitrogens with one attached hydrogen (secondary N) is 1. The minimum atomic E-state index is -1.95. The predicted molar refractivity (Wildman–Crippen MR) is 117 cm³/mol. The molecule has 7 nitrogen and oxygen atoms in total. The number of H-pyrrole nitrogens is 1. The second-order valence-electron chi connectivity index (χ2n) is 11.4. The first-order chi connectivity index (χ1) is 15.2. The highest BCUT2D eigenvalue weighted by atomic mass is 32.1. The lowest BCUT2D eigenvalue weighted by atomic mass is 9.35. The molecule has 0 amide bonds. The number of aliphatic hydroxyl groups is 4. The molecule has 5 N–H and O–H groups in total. The summed E-state index contributed by atoms with van der Waals surface area (Å²) in [4.78, 5) is 9.39. The highest BCUT2D eigenvalue weighted by molar-refractivity contribution is 7.13. The fourth-order valence-corrected chi connectivity index (χ4v) is 9.59. The molecule has 2 spiro atoms. The summed E-state index contributed by atoms with van der Waals surface area (Å²) in [6, 6.07) is 3.96. The Morgan fingerprint density at radius 3 is 2.72 bits per heavy atom. The number of ether oxygens (including phenoxy) is 1. The van der Waals surface area contributed by atoms with E-state index >= 15 is 0 Å². The summed E-state index contributed by atoms with van der Waals surface area (Å²) < 4.78 is 6.15. The Bertz CT molecular complexity index is 1100. The Morgan fingerprint density at radius 1 is 1.16 bits per heavy atom. The SMILES string of the molecule is CC1(C)CC[C@H](O)[C@]23CO[C@@](O)([C@@H](O)C12)C12c4nc(-c5cccs5)[nH]c4[C@H](CCC13)[C@H]2O. The lowest BCUT2D eigenvalue weighted by molar-refractivity contribution is -0.449. The summed E-state index contributed by atoms with van der Waals surface area (Å²) in [6.45, 7) is 4.44. The van der Waals surface area contributed by atoms with Gasteiger partial charge in [-0.1, -0.05) is 19.9 Å². The molecular formula is C24H30N2O5S. The van der Waals surface area contributed by atoms with Gasteiger partial charge in [0, 0.05) is 22.9 Å². The minimum absolute atomic E-state index is 0.192. The number of fused-ring (bicyclic) bond motifs is 4. The van der Waals surface area contributed by atoms with Crippen LogP contribution in [0.15, 0.2) is 17.5 Å². The maximum atomic E-state index is 12.2. The average molecular weight is 459 g/mol. The Labute approximate surface area is 190 Å². The third-order valence-corrected chi connectivity index (χ3v) is 10.9. The molecule has 2 aliphatic heterocycles. The van der Waals surface area contributed by atoms with E-state index in [-0.39, 0.29) is 29.8 Å². The maximum absolute atomic E-state index is 12.2. The van der Waals surface area contributed by atoms with Crippen LogP contribution in [0.25, 0.3) is 10.7 Å². The number of hydrogen-bond donors (Lipinski definition) is 5. The summed E-state index contributed by atoms with van der Waals surface area (Å²) in [6.07, 6.45) is 0.0849. The fourth-order valence-electron chi connectivity index (χ4n) is 8.92. The smallest absolute Gasteiger partial charge is 0.206 e. The maximum Gasteiger partial charge on any atom is 0.206 e. The molecule has 8 heteroatoms. The van der Waals surface area contributed by atoms with E-state index in [1.54, 1.807) is 11.3 Å². The normalized spacial score (nSPS) is 50.1. The van der Waals surface area contributed by atoms with Crippen molar-refractivity contribution in [2.24, 2.45) is 22.7 Å². The number of thiophene rings is 1. The van der Waals surface area contributed by atoms with Crippen LogP contribution in [0.2, 0.25) is 0 Å². The lowest BCUT2D eigenvalue weighted by Gasteiger charge is -2.75. The molecule has 0 radical (unpaired) electrons. The molecule has 4 heterocycles. The third kappa shape index (κ3) is 1.87. The second-order valence-corrected chi connectivity index (χ2v) is 12.4. The van der Waals surface area contributed by atoms with Crippen LogP contribution in [0.3, 0.4) is 0 Å². The van der Waals surface area contributed by atoms with Gasteiger partial charge in [-0.25, -0.2) is 4.98 Å². The first-order valence-electron chi connectivity index (χ1n) is 11.7. The molecule has 5 fully saturated rings. The van der Waals surface area contributed by atoms with Crippen molar-refractivity contribution in [1.82, 2.24) is 9.97 Å². The first kappa shape index (κ1) is 20.1. The zero-order chi connectivity index (χ0) is 22.3. The highest BCUT2D eigenvalue weighted by Gasteiger charge is 2.85. The molecule has 9 atom stereocenters. The molecule has 8 rings (SSSR count). The molecule has 32 heavy (non-hydrogen) atoms. The van der Waals surface area contributed by atoms with Crippen LogP contribution in [-0.4, -0.2) is 61.1 Å². The van der Waals surface area contributed by atoms with Crippen LogP contribution >= 0.6 is 11.3 Å². The van der Waals surface area contributed by atoms with Gasteiger partial charge in [0.05, 0.1) is 29.4 Å². The van der Waals surface area contributed by atoms with Crippen molar-refractivity contribution in [1.29, 1.82) is 0 Å². The third-order valence-electron chi connectivity index (χ3n) is 10.0. The van der Waals surface area contributed by atoms with E-state index in [9.17, 15) is 20.4 Å². The van der Waals surface area contributed by atoms with Crippen molar-refractivity contribution in [2.45, 2.75) is 75.0 Å². The Kier molecular flexibility index (Phi) is 3.68. The van der Waals surface area contributed by atoms with E-state index in [0.717, 1.165) is 35.7 Å². The molecule has 172 valence electrons. The largest absolute Gasteiger partial charge is 0.392 e. The molecule has 2 aromatic heterocycles. The van der Waals surface area contributed by atoms with Gasteiger partial charge in [0.1, 0.15) is 17.3 Å². The van der Waals surface area contributed by atoms with E-state index in [2.05, 4.69) is 18.8 Å². The van der Waals surface area contributed by atoms with Gasteiger partial charge >= 0.3 is 0 Å². The first-order valence-corrected chi connectivity index (χ1v) is 12.6. The number of hydrogen-bond acceptors (Lipinski definition) is 7. The van der Waals surface area contributed by atoms with E-state index < -0.39 is 34.9 Å². The minimum Gasteiger partial charge on any atom is -0.392 e. The Morgan fingerprint density at radius 2 is 1.97 bits per heavy atom. The Hall–Kier alpha value is -1.29. The van der Waals surface area contributed by atoms with Gasteiger partial charge in [-0.2, -0.15) is 0 Å². The standard InChI is InChI=1S/C24H30N2O5S/c1-21(2)8-7-14(27)22-10-31-24(30,19(29)16(21)22)23-13(22)6-5-11(18(23)28)15-17(23)26-20(25-15)12-4-3-9-32-12/h3-4,9,11,13-14,16,18-19,27-30H,5-8,10H2,1-2H3,(H,25,26)/t11-,13?,14-,16?,18+,19-,22+,23?,24-/m0/s1. The topological polar surface area (TPSA) is 119 Å². The van der Waals surface area contributed by atoms with Gasteiger partial charge < -0.3 is 30.1 Å². The van der Waals surface area contributed by atoms with Crippen molar-refractivity contribution in [3.05, 3.63) is 28.9 Å². The zero-order valence-electron chi connectivity index (χ0n) is 18.3. The molecule has 4 bridgehead atoms. The molecule has 2 aromatic rings. The number of aromatic nitrogens is 2. The van der Waals surface area contributed by atoms with Crippen molar-refractivity contribution < 1.29 is 25.2 Å². The van der Waals surface area contributed by atoms with Crippen LogP contribution in [0.5, 0.6) is 0 Å². The van der Waals surface area contributed by atoms with Crippen LogP contribution in [0.4, 0.5) is 0 Å². The highest BCUT2D eigenvalue weighted by Crippen LogP contribution is 2.76. The molecular weight excluding hydrogens is 428 g/mol. The number of imidazole rings is 1. The van der Waals surface area contributed by atoms with Crippen molar-refractivity contribution >= 4 is 11.3 Å². The molecule has 2 saturated heterocycles. The molecule has 4 aliphatic carbocycles. The van der Waals surface area contributed by atoms with Gasteiger partial charge in [-0.15, -0.1) is 11.3 Å². The van der Waals surface area contributed by atoms with E-state index in [4.69, 9.17) is 9.72 Å². The number of aromatic amines is 1. The van der Waals surface area contributed by atoms with Gasteiger partial charge in [-0.05, 0) is 48.5 Å². The summed E-state index contributed by atoms with van der Waals surface area (Å²) in [5.41, 5.74) is -0.802. The van der Waals surface area contributed by atoms with Crippen molar-refractivity contribution in [3.8, 4) is 10.7 Å². The van der Waals surface area contributed by atoms with Crippen LogP contribution in [-0.2, 0) is 10.2 Å². The van der Waals surface area contributed by atoms with Crippen molar-refractivity contribution in [2.75, 3.05) is 6.61 Å². The van der Waals surface area contributed by atoms with E-state index in [1.807, 2.05) is 17.5 Å².